The Bertz CT molecular complexity index is 1250. The van der Waals surface area contributed by atoms with E-state index in [0.29, 0.717) is 19.3 Å². The Morgan fingerprint density at radius 1 is 0.267 bits per heavy atom. The zero-order valence-corrected chi connectivity index (χ0v) is 50.6. The third kappa shape index (κ3) is 62.4. The number of unbranched alkanes of at least 4 members (excludes halogenated alkanes) is 45. The molecule has 0 aliphatic rings. The summed E-state index contributed by atoms with van der Waals surface area (Å²) in [6.07, 6.45) is 78.9. The number of ether oxygens (including phenoxy) is 3. The zero-order chi connectivity index (χ0) is 54.3. The predicted octanol–water partition coefficient (Wildman–Crippen LogP) is 22.8. The first-order valence-corrected chi connectivity index (χ1v) is 33.5. The summed E-state index contributed by atoms with van der Waals surface area (Å²) < 4.78 is 16.9. The molecule has 0 aliphatic carbocycles. The third-order valence-corrected chi connectivity index (χ3v) is 15.1. The van der Waals surface area contributed by atoms with Crippen LogP contribution in [0.25, 0.3) is 0 Å². The molecule has 0 rings (SSSR count). The van der Waals surface area contributed by atoms with Gasteiger partial charge in [0.2, 0.25) is 0 Å². The minimum atomic E-state index is -0.781. The van der Waals surface area contributed by atoms with Gasteiger partial charge in [-0.1, -0.05) is 308 Å². The Morgan fingerprint density at radius 2 is 0.480 bits per heavy atom. The van der Waals surface area contributed by atoms with E-state index in [1.54, 1.807) is 0 Å². The first-order valence-electron chi connectivity index (χ1n) is 33.5. The van der Waals surface area contributed by atoms with Crippen LogP contribution >= 0.6 is 0 Å². The van der Waals surface area contributed by atoms with Gasteiger partial charge in [-0.05, 0) is 77.0 Å². The van der Waals surface area contributed by atoms with E-state index in [0.717, 1.165) is 89.9 Å². The minimum Gasteiger partial charge on any atom is -0.462 e. The molecular formula is C69H128O6. The van der Waals surface area contributed by atoms with Gasteiger partial charge in [-0.15, -0.1) is 0 Å². The molecule has 1 unspecified atom stereocenters. The van der Waals surface area contributed by atoms with Gasteiger partial charge < -0.3 is 14.2 Å². The molecular weight excluding hydrogens is 925 g/mol. The summed E-state index contributed by atoms with van der Waals surface area (Å²) in [4.78, 5) is 38.2. The van der Waals surface area contributed by atoms with Crippen LogP contribution in [0.3, 0.4) is 0 Å². The van der Waals surface area contributed by atoms with E-state index in [1.807, 2.05) is 0 Å². The first-order chi connectivity index (χ1) is 37.0. The molecule has 0 saturated carbocycles. The smallest absolute Gasteiger partial charge is 0.306 e. The lowest BCUT2D eigenvalue weighted by molar-refractivity contribution is -0.167. The van der Waals surface area contributed by atoms with E-state index >= 15 is 0 Å². The van der Waals surface area contributed by atoms with Crippen molar-refractivity contribution in [2.24, 2.45) is 0 Å². The number of carbonyl (C=O) groups excluding carboxylic acids is 3. The van der Waals surface area contributed by atoms with Crippen molar-refractivity contribution in [1.29, 1.82) is 0 Å². The molecule has 0 aromatic rings. The number of hydrogen-bond donors (Lipinski definition) is 0. The summed E-state index contributed by atoms with van der Waals surface area (Å²) in [6, 6.07) is 0. The van der Waals surface area contributed by atoms with Gasteiger partial charge >= 0.3 is 17.9 Å². The van der Waals surface area contributed by atoms with Crippen molar-refractivity contribution >= 4 is 17.9 Å². The summed E-state index contributed by atoms with van der Waals surface area (Å²) in [5.41, 5.74) is 0. The highest BCUT2D eigenvalue weighted by atomic mass is 16.6. The lowest BCUT2D eigenvalue weighted by Crippen LogP contribution is -2.30. The maximum Gasteiger partial charge on any atom is 0.306 e. The molecule has 0 heterocycles. The van der Waals surface area contributed by atoms with Crippen molar-refractivity contribution in [1.82, 2.24) is 0 Å². The Kier molecular flexibility index (Phi) is 62.1. The fourth-order valence-corrected chi connectivity index (χ4v) is 10.1. The molecule has 6 nitrogen and oxygen atoms in total. The zero-order valence-electron chi connectivity index (χ0n) is 50.6. The second kappa shape index (κ2) is 64.2. The molecule has 0 aromatic carbocycles. The molecule has 0 bridgehead atoms. The molecule has 0 aliphatic heterocycles. The molecule has 0 radical (unpaired) electrons. The van der Waals surface area contributed by atoms with Crippen LogP contribution in [0.4, 0.5) is 0 Å². The highest BCUT2D eigenvalue weighted by Crippen LogP contribution is 2.18. The second-order valence-corrected chi connectivity index (χ2v) is 22.7. The molecule has 440 valence electrons. The number of carbonyl (C=O) groups is 3. The van der Waals surface area contributed by atoms with Crippen LogP contribution in [0, 0.1) is 0 Å². The van der Waals surface area contributed by atoms with Crippen molar-refractivity contribution in [3.05, 3.63) is 36.5 Å². The van der Waals surface area contributed by atoms with Gasteiger partial charge in [0.05, 0.1) is 0 Å². The van der Waals surface area contributed by atoms with E-state index in [2.05, 4.69) is 57.2 Å². The largest absolute Gasteiger partial charge is 0.462 e. The van der Waals surface area contributed by atoms with Gasteiger partial charge in [-0.25, -0.2) is 0 Å². The first kappa shape index (κ1) is 72.6. The van der Waals surface area contributed by atoms with Crippen LogP contribution in [-0.4, -0.2) is 37.2 Å². The molecule has 0 fully saturated rings. The molecule has 0 spiro atoms. The molecule has 0 amide bonds. The van der Waals surface area contributed by atoms with Gasteiger partial charge in [0.15, 0.2) is 6.10 Å². The van der Waals surface area contributed by atoms with E-state index in [9.17, 15) is 14.4 Å². The van der Waals surface area contributed by atoms with E-state index in [4.69, 9.17) is 14.2 Å². The van der Waals surface area contributed by atoms with E-state index < -0.39 is 6.10 Å². The Hall–Kier alpha value is -2.37. The molecule has 75 heavy (non-hydrogen) atoms. The van der Waals surface area contributed by atoms with Crippen molar-refractivity contribution in [2.75, 3.05) is 13.2 Å². The van der Waals surface area contributed by atoms with Crippen LogP contribution in [0.2, 0.25) is 0 Å². The number of hydrogen-bond acceptors (Lipinski definition) is 6. The minimum absolute atomic E-state index is 0.0767. The topological polar surface area (TPSA) is 78.9 Å². The third-order valence-electron chi connectivity index (χ3n) is 15.1. The fraction of sp³-hybridized carbons (Fsp3) is 0.870. The average Bonchev–Trinajstić information content (AvgIpc) is 3.41. The van der Waals surface area contributed by atoms with Crippen molar-refractivity contribution in [3.63, 3.8) is 0 Å². The summed E-state index contributed by atoms with van der Waals surface area (Å²) in [5, 5.41) is 0. The van der Waals surface area contributed by atoms with Gasteiger partial charge in [0, 0.05) is 19.3 Å². The number of esters is 3. The summed E-state index contributed by atoms with van der Waals surface area (Å²) in [7, 11) is 0. The SMILES string of the molecule is CCCCC/C=C\CCCCCCCC(=O)OCC(COC(=O)CCCCCCCCCCCCCCCCCCCCCCCCCCCCCCC)OC(=O)CCCCCCC/C=C\C/C=C\CCCCCC. The Labute approximate surface area is 467 Å². The van der Waals surface area contributed by atoms with Gasteiger partial charge in [0.25, 0.3) is 0 Å². The summed E-state index contributed by atoms with van der Waals surface area (Å²) in [5.74, 6) is -0.879. The average molecular weight is 1050 g/mol. The van der Waals surface area contributed by atoms with Gasteiger partial charge in [0.1, 0.15) is 13.2 Å². The Morgan fingerprint density at radius 3 is 0.787 bits per heavy atom. The maximum atomic E-state index is 12.9. The van der Waals surface area contributed by atoms with Crippen molar-refractivity contribution in [2.45, 2.75) is 374 Å². The van der Waals surface area contributed by atoms with E-state index in [-0.39, 0.29) is 31.1 Å². The maximum absolute atomic E-state index is 12.9. The highest BCUT2D eigenvalue weighted by molar-refractivity contribution is 5.71. The Balaban J connectivity index is 4.15. The van der Waals surface area contributed by atoms with Gasteiger partial charge in [-0.3, -0.25) is 14.4 Å². The number of allylic oxidation sites excluding steroid dienone is 6. The van der Waals surface area contributed by atoms with Crippen molar-refractivity contribution in [3.8, 4) is 0 Å². The lowest BCUT2D eigenvalue weighted by atomic mass is 10.0. The lowest BCUT2D eigenvalue weighted by Gasteiger charge is -2.18. The quantitative estimate of drug-likeness (QED) is 0.0261. The van der Waals surface area contributed by atoms with Gasteiger partial charge in [-0.2, -0.15) is 0 Å². The molecule has 0 N–H and O–H groups in total. The molecule has 0 saturated heterocycles. The summed E-state index contributed by atoms with van der Waals surface area (Å²) >= 11 is 0. The fourth-order valence-electron chi connectivity index (χ4n) is 10.1. The second-order valence-electron chi connectivity index (χ2n) is 22.7. The van der Waals surface area contributed by atoms with E-state index in [1.165, 1.54) is 238 Å². The standard InChI is InChI=1S/C69H128O6/c1-4-7-10-13-16-19-22-25-27-29-30-31-32-33-34-35-36-37-38-39-40-41-43-44-47-50-53-56-59-62-68(71)74-65-66(64-73-67(70)61-58-55-52-49-46-24-21-18-15-12-9-6-3)75-69(72)63-60-57-54-51-48-45-42-28-26-23-20-17-14-11-8-5-2/h18,20-21,23,28,42,66H,4-17,19,22,24-27,29-41,43-65H2,1-3H3/b21-18-,23-20-,42-28-. The van der Waals surface area contributed by atoms with Crippen LogP contribution in [0.15, 0.2) is 36.5 Å². The predicted molar refractivity (Wildman–Crippen MR) is 326 cm³/mol. The number of rotatable bonds is 62. The highest BCUT2D eigenvalue weighted by Gasteiger charge is 2.19. The summed E-state index contributed by atoms with van der Waals surface area (Å²) in [6.45, 7) is 6.64. The van der Waals surface area contributed by atoms with Crippen LogP contribution in [0.5, 0.6) is 0 Å². The normalized spacial score (nSPS) is 12.2. The van der Waals surface area contributed by atoms with Crippen LogP contribution < -0.4 is 0 Å². The van der Waals surface area contributed by atoms with Crippen LogP contribution in [0.1, 0.15) is 367 Å². The molecule has 6 heteroatoms. The molecule has 1 atom stereocenters. The van der Waals surface area contributed by atoms with Crippen LogP contribution in [-0.2, 0) is 28.6 Å². The molecule has 0 aromatic heterocycles. The monoisotopic (exact) mass is 1050 g/mol. The van der Waals surface area contributed by atoms with Crippen molar-refractivity contribution < 1.29 is 28.6 Å².